The van der Waals surface area contributed by atoms with Gasteiger partial charge in [-0.3, -0.25) is 24.9 Å². The summed E-state index contributed by atoms with van der Waals surface area (Å²) in [5.74, 6) is 6.28. The van der Waals surface area contributed by atoms with Crippen LogP contribution < -0.4 is 25.8 Å². The Morgan fingerprint density at radius 2 is 0.680 bits per heavy atom. The van der Waals surface area contributed by atoms with Gasteiger partial charge in [0.25, 0.3) is 0 Å². The predicted octanol–water partition coefficient (Wildman–Crippen LogP) is 19.9. The maximum Gasteiger partial charge on any atom is 0.180 e. The van der Waals surface area contributed by atoms with Gasteiger partial charge in [0.15, 0.2) is 29.1 Å². The molecule has 11 heterocycles. The molecule has 5 aromatic carbocycles. The van der Waals surface area contributed by atoms with E-state index in [0.717, 1.165) is 95.1 Å². The summed E-state index contributed by atoms with van der Waals surface area (Å²) in [6.07, 6.45) is 26.1. The zero-order valence-electron chi connectivity index (χ0n) is 70.6. The summed E-state index contributed by atoms with van der Waals surface area (Å²) in [5.41, 5.74) is 11.2. The first-order valence-electron chi connectivity index (χ1n) is 42.0. The number of rotatable bonds is 25. The third-order valence-corrected chi connectivity index (χ3v) is 20.8. The van der Waals surface area contributed by atoms with Crippen LogP contribution in [0.1, 0.15) is 115 Å². The van der Waals surface area contributed by atoms with Gasteiger partial charge in [-0.25, -0.2) is 71.8 Å². The number of benzene rings is 5. The maximum atomic E-state index is 14.2. The van der Waals surface area contributed by atoms with Crippen LogP contribution in [0.5, 0.6) is 0 Å². The van der Waals surface area contributed by atoms with E-state index in [4.69, 9.17) is 19.7 Å². The van der Waals surface area contributed by atoms with Gasteiger partial charge in [0, 0.05) is 168 Å². The number of morpholine rings is 1. The number of pyridine rings is 5. The van der Waals surface area contributed by atoms with Crippen molar-refractivity contribution in [3.63, 3.8) is 0 Å². The van der Waals surface area contributed by atoms with E-state index >= 15 is 0 Å². The molecule has 125 heavy (non-hydrogen) atoms. The van der Waals surface area contributed by atoms with Crippen LogP contribution in [0.4, 0.5) is 51.0 Å². The summed E-state index contributed by atoms with van der Waals surface area (Å²) in [7, 11) is 1.79. The van der Waals surface area contributed by atoms with E-state index < -0.39 is 0 Å². The number of aromatic nitrogens is 15. The Morgan fingerprint density at radius 1 is 0.360 bits per heavy atom. The van der Waals surface area contributed by atoms with Gasteiger partial charge in [0.1, 0.15) is 86.6 Å². The van der Waals surface area contributed by atoms with E-state index in [1.807, 2.05) is 141 Å². The molecule has 3 N–H and O–H groups in total. The van der Waals surface area contributed by atoms with Gasteiger partial charge in [0.2, 0.25) is 0 Å². The molecule has 10 aromatic heterocycles. The first-order chi connectivity index (χ1) is 61.2. The maximum absolute atomic E-state index is 14.2. The fourth-order valence-electron chi connectivity index (χ4n) is 14.2. The normalized spacial score (nSPS) is 12.4. The Bertz CT molecular complexity index is 5880. The molecule has 0 amide bonds. The van der Waals surface area contributed by atoms with Gasteiger partial charge < -0.3 is 30.5 Å². The fourth-order valence-corrected chi connectivity index (χ4v) is 14.2. The van der Waals surface area contributed by atoms with Crippen molar-refractivity contribution in [3.8, 4) is 57.6 Å². The molecule has 17 rings (SSSR count). The fraction of sp³-hybridized carbons (Fsp3) is 0.242. The Kier molecular flexibility index (Phi) is 32.4. The highest BCUT2D eigenvalue weighted by Crippen LogP contribution is 2.32. The van der Waals surface area contributed by atoms with Crippen molar-refractivity contribution in [2.45, 2.75) is 97.9 Å². The Labute approximate surface area is 725 Å². The van der Waals surface area contributed by atoms with Crippen LogP contribution in [0, 0.1) is 35.0 Å². The molecule has 1 aliphatic heterocycles. The van der Waals surface area contributed by atoms with Gasteiger partial charge >= 0.3 is 0 Å². The smallest absolute Gasteiger partial charge is 0.180 e. The monoisotopic (exact) mass is 1680 g/mol. The quantitative estimate of drug-likeness (QED) is 0.0450. The molecule has 0 radical (unpaired) electrons. The molecule has 1 aliphatic carbocycles. The molecule has 15 aromatic rings. The van der Waals surface area contributed by atoms with Gasteiger partial charge in [-0.15, -0.1) is 0 Å². The van der Waals surface area contributed by atoms with Crippen molar-refractivity contribution in [2.75, 3.05) is 78.7 Å². The highest BCUT2D eigenvalue weighted by atomic mass is 19.1. The zero-order valence-corrected chi connectivity index (χ0v) is 70.6. The number of hydrogen-bond donors (Lipinski definition) is 3. The van der Waals surface area contributed by atoms with E-state index in [0.29, 0.717) is 131 Å². The van der Waals surface area contributed by atoms with Crippen LogP contribution >= 0.6 is 0 Å². The highest BCUT2D eigenvalue weighted by molar-refractivity contribution is 5.61. The van der Waals surface area contributed by atoms with Crippen LogP contribution in [-0.4, -0.2) is 134 Å². The molecule has 0 atom stereocenters. The largest absolute Gasteiger partial charge is 0.378 e. The van der Waals surface area contributed by atoms with Gasteiger partial charge in [-0.2, -0.15) is 0 Å². The molecule has 0 spiro atoms. The number of ether oxygens (including phenoxy) is 1. The van der Waals surface area contributed by atoms with Crippen LogP contribution in [0.25, 0.3) is 57.6 Å². The summed E-state index contributed by atoms with van der Waals surface area (Å²) < 4.78 is 75.5. The second-order valence-corrected chi connectivity index (χ2v) is 29.9. The SMILES string of the molecule is CC(C)Nc1nc(-c2ccccn2)ncc1Cc1ccccc1F.CCN(CC)c1nc(-c2ccccn2)ncc1Cc1ccccc1F.CNc1nc(-c2ccccn2)ncc1Cc1ccccc1F.Fc1ccccc1Cc1cnc(-c2ccccn2)nc1N1CCOCC1.Fc1ccccc1Cc1cnc(-c2ccccn2)nc1NCC1CCCCC1. The third-order valence-electron chi connectivity index (χ3n) is 20.8. The minimum Gasteiger partial charge on any atom is -0.378 e. The second kappa shape index (κ2) is 45.7. The van der Waals surface area contributed by atoms with E-state index in [2.05, 4.69) is 99.4 Å². The van der Waals surface area contributed by atoms with Crippen LogP contribution in [0.2, 0.25) is 0 Å². The average molecular weight is 1680 g/mol. The molecule has 1 saturated carbocycles. The molecule has 26 heteroatoms. The first-order valence-corrected chi connectivity index (χ1v) is 42.0. The second-order valence-electron chi connectivity index (χ2n) is 29.9. The lowest BCUT2D eigenvalue weighted by atomic mass is 9.89. The molecular weight excluding hydrogens is 1580 g/mol. The average Bonchev–Trinajstić information content (AvgIpc) is 0.804. The number of hydrogen-bond acceptors (Lipinski definition) is 21. The van der Waals surface area contributed by atoms with Crippen molar-refractivity contribution < 1.29 is 26.7 Å². The zero-order chi connectivity index (χ0) is 86.9. The van der Waals surface area contributed by atoms with Crippen molar-refractivity contribution in [1.82, 2.24) is 74.8 Å². The van der Waals surface area contributed by atoms with E-state index in [-0.39, 0.29) is 35.1 Å². The molecule has 2 fully saturated rings. The summed E-state index contributed by atoms with van der Waals surface area (Å²) in [6.45, 7) is 13.6. The van der Waals surface area contributed by atoms with Crippen LogP contribution in [-0.2, 0) is 36.8 Å². The first kappa shape index (κ1) is 88.6. The summed E-state index contributed by atoms with van der Waals surface area (Å²) >= 11 is 0. The van der Waals surface area contributed by atoms with E-state index in [9.17, 15) is 22.0 Å². The molecule has 2 aliphatic rings. The summed E-state index contributed by atoms with van der Waals surface area (Å²) in [5, 5.41) is 9.90. The lowest BCUT2D eigenvalue weighted by Gasteiger charge is -2.29. The molecule has 21 nitrogen and oxygen atoms in total. The Hall–Kier alpha value is -14.1. The van der Waals surface area contributed by atoms with Gasteiger partial charge in [0.05, 0.1) is 13.2 Å². The standard InChI is InChI=1S/C23H25FN4.C20H19FN4O.C20H21FN4.C19H19FN4.C17H15FN4/c24-20-11-5-4-10-18(20)14-19-16-27-23(21-12-6-7-13-25-21)28-22(19)26-15-17-8-2-1-3-9-17;21-17-6-2-1-5-15(17)13-16-14-23-19(18-7-3-4-8-22-18)24-20(16)25-9-11-26-12-10-25;1-3-25(4-2)20-16(13-15-9-5-6-10-17(15)21)14-23-19(24-20)18-11-7-8-12-22-18;1-13(2)23-18-15(11-14-7-3-4-8-16(14)20)12-22-19(24-18)17-9-5-6-10-21-17;1-19-16-13(10-12-6-2-3-7-14(12)18)11-21-17(22-16)15-8-4-5-9-20-15/h4-7,10-13,16-17H,1-3,8-9,14-15H2,(H,26,27,28);1-8,14H,9-13H2;5-12,14H,3-4,13H2,1-2H3;3-10,12-13H,11H2,1-2H3,(H,22,23,24);2-9,11H,10H2,1H3,(H,19,21,22). The molecule has 0 unspecified atom stereocenters. The number of anilines is 5. The van der Waals surface area contributed by atoms with Crippen molar-refractivity contribution >= 4 is 29.1 Å². The molecule has 0 bridgehead atoms. The van der Waals surface area contributed by atoms with E-state index in [1.165, 1.54) is 62.4 Å². The minimum absolute atomic E-state index is 0.200. The predicted molar refractivity (Wildman–Crippen MR) is 482 cm³/mol. The number of halogens is 5. The van der Waals surface area contributed by atoms with Crippen molar-refractivity contribution in [2.24, 2.45) is 5.92 Å². The van der Waals surface area contributed by atoms with Crippen molar-refractivity contribution in [1.29, 1.82) is 0 Å². The Morgan fingerprint density at radius 3 is 1.05 bits per heavy atom. The topological polar surface area (TPSA) is 245 Å². The van der Waals surface area contributed by atoms with Gasteiger partial charge in [-0.05, 0) is 165 Å². The number of nitrogens with one attached hydrogen (secondary N) is 3. The minimum atomic E-state index is -0.224. The third kappa shape index (κ3) is 25.3. The lowest BCUT2D eigenvalue weighted by molar-refractivity contribution is 0.122. The molecule has 1 saturated heterocycles. The van der Waals surface area contributed by atoms with Gasteiger partial charge in [-0.1, -0.05) is 141 Å². The summed E-state index contributed by atoms with van der Waals surface area (Å²) in [6, 6.07) is 62.4. The Balaban J connectivity index is 0.000000134. The van der Waals surface area contributed by atoms with Crippen LogP contribution in [0.3, 0.4) is 0 Å². The van der Waals surface area contributed by atoms with Crippen molar-refractivity contribution in [3.05, 3.63) is 359 Å². The summed E-state index contributed by atoms with van der Waals surface area (Å²) in [4.78, 5) is 71.4. The molecule has 636 valence electrons. The number of nitrogens with zero attached hydrogens (tertiary/aromatic N) is 17. The van der Waals surface area contributed by atoms with E-state index in [1.54, 1.807) is 124 Å². The van der Waals surface area contributed by atoms with Crippen LogP contribution in [0.15, 0.2) is 274 Å². The molecular formula is C99H99F5N20O. The highest BCUT2D eigenvalue weighted by Gasteiger charge is 2.23. The lowest BCUT2D eigenvalue weighted by Crippen LogP contribution is -2.37.